The molecule has 0 bridgehead atoms. The minimum Gasteiger partial charge on any atom is -0.349 e. The molecule has 0 spiro atoms. The van der Waals surface area contributed by atoms with E-state index >= 15 is 0 Å². The van der Waals surface area contributed by atoms with E-state index in [9.17, 15) is 9.18 Å². The van der Waals surface area contributed by atoms with Gasteiger partial charge in [0.1, 0.15) is 5.82 Å². The van der Waals surface area contributed by atoms with E-state index in [1.54, 1.807) is 6.21 Å². The Hall–Kier alpha value is -2.43. The summed E-state index contributed by atoms with van der Waals surface area (Å²) in [6, 6.07) is 7.68. The Morgan fingerprint density at radius 1 is 1.33 bits per heavy atom. The SMILES string of the molecule is Cc1cc(/C=N\NC(=O)c2ccc(F)cc2)cn1C(C)C. The van der Waals surface area contributed by atoms with E-state index in [1.807, 2.05) is 19.2 Å². The fourth-order valence-corrected chi connectivity index (χ4v) is 2.07. The van der Waals surface area contributed by atoms with Crippen molar-refractivity contribution in [2.45, 2.75) is 26.8 Å². The topological polar surface area (TPSA) is 46.4 Å². The lowest BCUT2D eigenvalue weighted by Gasteiger charge is -2.08. The van der Waals surface area contributed by atoms with Crippen molar-refractivity contribution in [3.05, 3.63) is 59.2 Å². The van der Waals surface area contributed by atoms with Gasteiger partial charge in [0.15, 0.2) is 0 Å². The molecule has 4 nitrogen and oxygen atoms in total. The van der Waals surface area contributed by atoms with Crippen LogP contribution in [-0.2, 0) is 0 Å². The summed E-state index contributed by atoms with van der Waals surface area (Å²) in [4.78, 5) is 11.8. The Morgan fingerprint density at radius 3 is 2.57 bits per heavy atom. The Labute approximate surface area is 123 Å². The van der Waals surface area contributed by atoms with E-state index < -0.39 is 0 Å². The number of benzene rings is 1. The second-order valence-electron chi connectivity index (χ2n) is 5.12. The Balaban J connectivity index is 2.00. The van der Waals surface area contributed by atoms with Crippen LogP contribution in [0.25, 0.3) is 0 Å². The molecule has 0 saturated carbocycles. The van der Waals surface area contributed by atoms with Crippen molar-refractivity contribution in [2.24, 2.45) is 5.10 Å². The maximum atomic E-state index is 12.8. The quantitative estimate of drug-likeness (QED) is 0.681. The fourth-order valence-electron chi connectivity index (χ4n) is 2.07. The van der Waals surface area contributed by atoms with Crippen LogP contribution in [0.5, 0.6) is 0 Å². The molecule has 1 aromatic carbocycles. The van der Waals surface area contributed by atoms with E-state index in [0.717, 1.165) is 11.3 Å². The Bertz CT molecular complexity index is 657. The maximum absolute atomic E-state index is 12.8. The fraction of sp³-hybridized carbons (Fsp3) is 0.250. The molecular formula is C16H18FN3O. The summed E-state index contributed by atoms with van der Waals surface area (Å²) in [5.41, 5.74) is 4.84. The molecule has 110 valence electrons. The molecule has 5 heteroatoms. The normalized spacial score (nSPS) is 11.3. The van der Waals surface area contributed by atoms with Crippen molar-refractivity contribution in [3.63, 3.8) is 0 Å². The maximum Gasteiger partial charge on any atom is 0.271 e. The molecule has 0 aliphatic carbocycles. The van der Waals surface area contributed by atoms with Gasteiger partial charge in [0.05, 0.1) is 6.21 Å². The van der Waals surface area contributed by atoms with E-state index in [0.29, 0.717) is 11.6 Å². The number of carbonyl (C=O) groups is 1. The zero-order valence-corrected chi connectivity index (χ0v) is 12.3. The monoisotopic (exact) mass is 287 g/mol. The van der Waals surface area contributed by atoms with Gasteiger partial charge in [-0.1, -0.05) is 0 Å². The molecule has 0 atom stereocenters. The van der Waals surface area contributed by atoms with Gasteiger partial charge in [0, 0.05) is 29.1 Å². The second-order valence-corrected chi connectivity index (χ2v) is 5.12. The number of aromatic nitrogens is 1. The number of rotatable bonds is 4. The Morgan fingerprint density at radius 2 is 2.00 bits per heavy atom. The third kappa shape index (κ3) is 3.78. The summed E-state index contributed by atoms with van der Waals surface area (Å²) in [5, 5.41) is 3.92. The van der Waals surface area contributed by atoms with Crippen LogP contribution in [0.3, 0.4) is 0 Å². The van der Waals surface area contributed by atoms with Crippen LogP contribution in [-0.4, -0.2) is 16.7 Å². The van der Waals surface area contributed by atoms with Gasteiger partial charge < -0.3 is 4.57 Å². The van der Waals surface area contributed by atoms with Crippen molar-refractivity contribution in [1.29, 1.82) is 0 Å². The first kappa shape index (κ1) is 15.0. The Kier molecular flexibility index (Phi) is 4.52. The summed E-state index contributed by atoms with van der Waals surface area (Å²) in [5.74, 6) is -0.744. The summed E-state index contributed by atoms with van der Waals surface area (Å²) in [7, 11) is 0. The molecule has 0 fully saturated rings. The largest absolute Gasteiger partial charge is 0.349 e. The number of nitrogens with zero attached hydrogens (tertiary/aromatic N) is 2. The minimum absolute atomic E-state index is 0.365. The lowest BCUT2D eigenvalue weighted by atomic mass is 10.2. The van der Waals surface area contributed by atoms with E-state index in [1.165, 1.54) is 24.3 Å². The summed E-state index contributed by atoms with van der Waals surface area (Å²) in [6.07, 6.45) is 3.57. The van der Waals surface area contributed by atoms with Crippen LogP contribution in [0, 0.1) is 12.7 Å². The van der Waals surface area contributed by atoms with Crippen molar-refractivity contribution >= 4 is 12.1 Å². The second kappa shape index (κ2) is 6.35. The van der Waals surface area contributed by atoms with Crippen molar-refractivity contribution < 1.29 is 9.18 Å². The predicted molar refractivity (Wildman–Crippen MR) is 81.0 cm³/mol. The number of amides is 1. The third-order valence-corrected chi connectivity index (χ3v) is 3.11. The van der Waals surface area contributed by atoms with Crippen LogP contribution in [0.2, 0.25) is 0 Å². The average molecular weight is 287 g/mol. The van der Waals surface area contributed by atoms with Gasteiger partial charge in [0.2, 0.25) is 0 Å². The van der Waals surface area contributed by atoms with Crippen LogP contribution in [0.4, 0.5) is 4.39 Å². The van der Waals surface area contributed by atoms with Crippen LogP contribution in [0.1, 0.15) is 41.5 Å². The van der Waals surface area contributed by atoms with Crippen LogP contribution < -0.4 is 5.43 Å². The number of hydrazone groups is 1. The highest BCUT2D eigenvalue weighted by Crippen LogP contribution is 2.12. The summed E-state index contributed by atoms with van der Waals surface area (Å²) < 4.78 is 14.9. The average Bonchev–Trinajstić information content (AvgIpc) is 2.80. The number of aryl methyl sites for hydroxylation is 1. The first-order valence-corrected chi connectivity index (χ1v) is 6.75. The van der Waals surface area contributed by atoms with Crippen molar-refractivity contribution in [2.75, 3.05) is 0 Å². The molecular weight excluding hydrogens is 269 g/mol. The standard InChI is InChI=1S/C16H18FN3O/c1-11(2)20-10-13(8-12(20)3)9-18-19-16(21)14-4-6-15(17)7-5-14/h4-11H,1-3H3,(H,19,21)/b18-9-. The van der Waals surface area contributed by atoms with Gasteiger partial charge in [-0.3, -0.25) is 4.79 Å². The number of carbonyl (C=O) groups excluding carboxylic acids is 1. The van der Waals surface area contributed by atoms with Gasteiger partial charge in [-0.05, 0) is 51.1 Å². The smallest absolute Gasteiger partial charge is 0.271 e. The highest BCUT2D eigenvalue weighted by Gasteiger charge is 2.05. The molecule has 0 aliphatic rings. The zero-order valence-electron chi connectivity index (χ0n) is 12.3. The van der Waals surface area contributed by atoms with Gasteiger partial charge >= 0.3 is 0 Å². The van der Waals surface area contributed by atoms with Gasteiger partial charge in [0.25, 0.3) is 5.91 Å². The highest BCUT2D eigenvalue weighted by molar-refractivity contribution is 5.94. The van der Waals surface area contributed by atoms with Gasteiger partial charge in [-0.15, -0.1) is 0 Å². The third-order valence-electron chi connectivity index (χ3n) is 3.11. The molecule has 1 heterocycles. The molecule has 0 saturated heterocycles. The summed E-state index contributed by atoms with van der Waals surface area (Å²) >= 11 is 0. The molecule has 1 amide bonds. The molecule has 0 unspecified atom stereocenters. The first-order valence-electron chi connectivity index (χ1n) is 6.75. The van der Waals surface area contributed by atoms with E-state index in [2.05, 4.69) is 28.9 Å². The predicted octanol–water partition coefficient (Wildman–Crippen LogP) is 3.28. The molecule has 2 aromatic rings. The molecule has 1 aromatic heterocycles. The van der Waals surface area contributed by atoms with Crippen molar-refractivity contribution in [3.8, 4) is 0 Å². The molecule has 0 radical (unpaired) electrons. The van der Waals surface area contributed by atoms with Gasteiger partial charge in [-0.25, -0.2) is 9.82 Å². The van der Waals surface area contributed by atoms with E-state index in [4.69, 9.17) is 0 Å². The van der Waals surface area contributed by atoms with Crippen LogP contribution in [0.15, 0.2) is 41.6 Å². The zero-order chi connectivity index (χ0) is 15.4. The van der Waals surface area contributed by atoms with E-state index in [-0.39, 0.29) is 11.7 Å². The summed E-state index contributed by atoms with van der Waals surface area (Å²) in [6.45, 7) is 6.23. The molecule has 1 N–H and O–H groups in total. The molecule has 21 heavy (non-hydrogen) atoms. The number of halogens is 1. The lowest BCUT2D eigenvalue weighted by molar-refractivity contribution is 0.0955. The number of nitrogens with one attached hydrogen (secondary N) is 1. The molecule has 0 aliphatic heterocycles. The number of hydrogen-bond acceptors (Lipinski definition) is 2. The highest BCUT2D eigenvalue weighted by atomic mass is 19.1. The van der Waals surface area contributed by atoms with Crippen molar-refractivity contribution in [1.82, 2.24) is 9.99 Å². The number of hydrogen-bond donors (Lipinski definition) is 1. The first-order chi connectivity index (χ1) is 9.97. The minimum atomic E-state index is -0.374. The van der Waals surface area contributed by atoms with Crippen LogP contribution >= 0.6 is 0 Å². The molecule has 2 rings (SSSR count). The van der Waals surface area contributed by atoms with Gasteiger partial charge in [-0.2, -0.15) is 5.10 Å². The lowest BCUT2D eigenvalue weighted by Crippen LogP contribution is -2.17.